The van der Waals surface area contributed by atoms with E-state index in [0.717, 1.165) is 24.3 Å². The average Bonchev–Trinajstić information content (AvgIpc) is 3.28. The van der Waals surface area contributed by atoms with E-state index in [1.807, 2.05) is 0 Å². The van der Waals surface area contributed by atoms with Gasteiger partial charge in [0, 0.05) is 18.9 Å². The summed E-state index contributed by atoms with van der Waals surface area (Å²) < 4.78 is 74.4. The second-order valence-electron chi connectivity index (χ2n) is 5.39. The van der Waals surface area contributed by atoms with Crippen LogP contribution in [0, 0.1) is 0 Å². The van der Waals surface area contributed by atoms with Crippen molar-refractivity contribution in [3.63, 3.8) is 0 Å². The van der Waals surface area contributed by atoms with Crippen molar-refractivity contribution in [2.45, 2.75) is 17.3 Å². The van der Waals surface area contributed by atoms with Crippen LogP contribution in [-0.4, -0.2) is 31.1 Å². The zero-order valence-electron chi connectivity index (χ0n) is 13.6. The molecular formula is C16H14F3N3O4S. The third-order valence-electron chi connectivity index (χ3n) is 3.55. The zero-order chi connectivity index (χ0) is 19.5. The molecule has 1 N–H and O–H groups in total. The molecule has 1 atom stereocenters. The van der Waals surface area contributed by atoms with Gasteiger partial charge in [0.25, 0.3) is 0 Å². The zero-order valence-corrected chi connectivity index (χ0v) is 14.4. The fourth-order valence-corrected chi connectivity index (χ4v) is 3.40. The molecule has 0 spiro atoms. The van der Waals surface area contributed by atoms with Crippen molar-refractivity contribution in [1.29, 1.82) is 0 Å². The van der Waals surface area contributed by atoms with Gasteiger partial charge in [0.15, 0.2) is 0 Å². The molecule has 0 aliphatic carbocycles. The number of sulfonamides is 1. The monoisotopic (exact) mass is 401 g/mol. The molecule has 0 aliphatic heterocycles. The van der Waals surface area contributed by atoms with Gasteiger partial charge >= 0.3 is 6.36 Å². The fourth-order valence-electron chi connectivity index (χ4n) is 2.36. The van der Waals surface area contributed by atoms with Gasteiger partial charge in [-0.15, -0.1) is 13.2 Å². The average molecular weight is 401 g/mol. The summed E-state index contributed by atoms with van der Waals surface area (Å²) in [6.07, 6.45) is -0.188. The minimum atomic E-state index is -4.85. The molecule has 11 heteroatoms. The number of ether oxygens (including phenoxy) is 1. The summed E-state index contributed by atoms with van der Waals surface area (Å²) in [6, 6.07) is 8.42. The van der Waals surface area contributed by atoms with Gasteiger partial charge in [-0.2, -0.15) is 5.10 Å². The lowest BCUT2D eigenvalue weighted by Crippen LogP contribution is -2.31. The first-order valence-corrected chi connectivity index (χ1v) is 9.11. The number of rotatable bonds is 7. The highest BCUT2D eigenvalue weighted by atomic mass is 32.2. The predicted molar refractivity (Wildman–Crippen MR) is 87.4 cm³/mol. The summed E-state index contributed by atoms with van der Waals surface area (Å²) >= 11 is 0. The minimum Gasteiger partial charge on any atom is -0.467 e. The minimum absolute atomic E-state index is 0.0711. The summed E-state index contributed by atoms with van der Waals surface area (Å²) in [4.78, 5) is -0.198. The molecule has 3 aromatic rings. The van der Waals surface area contributed by atoms with Gasteiger partial charge in [-0.05, 0) is 42.5 Å². The molecule has 3 rings (SSSR count). The third kappa shape index (κ3) is 4.89. The molecular weight excluding hydrogens is 387 g/mol. The molecule has 7 nitrogen and oxygen atoms in total. The van der Waals surface area contributed by atoms with E-state index < -0.39 is 28.2 Å². The standard InChI is InChI=1S/C16H14F3N3O4S/c17-16(18,19)26-12-4-6-13(7-5-12)27(23,24)21-11-14(15-3-1-10-25-15)22-9-2-8-20-22/h1-10,14,21H,11H2. The van der Waals surface area contributed by atoms with E-state index in [1.165, 1.54) is 10.9 Å². The molecule has 1 unspecified atom stereocenters. The Bertz CT molecular complexity index is 919. The Morgan fingerprint density at radius 1 is 1.19 bits per heavy atom. The molecule has 2 heterocycles. The Morgan fingerprint density at radius 2 is 1.93 bits per heavy atom. The lowest BCUT2D eigenvalue weighted by Gasteiger charge is -2.16. The van der Waals surface area contributed by atoms with Crippen LogP contribution in [0.5, 0.6) is 5.75 Å². The van der Waals surface area contributed by atoms with Crippen molar-refractivity contribution < 1.29 is 30.7 Å². The van der Waals surface area contributed by atoms with Gasteiger partial charge in [-0.25, -0.2) is 13.1 Å². The van der Waals surface area contributed by atoms with E-state index in [1.54, 1.807) is 30.6 Å². The summed E-state index contributed by atoms with van der Waals surface area (Å²) in [5.41, 5.74) is 0. The van der Waals surface area contributed by atoms with E-state index in [9.17, 15) is 21.6 Å². The number of nitrogens with zero attached hydrogens (tertiary/aromatic N) is 2. The molecule has 0 aliphatic rings. The van der Waals surface area contributed by atoms with Crippen LogP contribution in [0.4, 0.5) is 13.2 Å². The highest BCUT2D eigenvalue weighted by Crippen LogP contribution is 2.24. The van der Waals surface area contributed by atoms with Crippen LogP contribution in [0.15, 0.2) is 70.4 Å². The van der Waals surface area contributed by atoms with Crippen molar-refractivity contribution in [2.24, 2.45) is 0 Å². The van der Waals surface area contributed by atoms with E-state index in [0.29, 0.717) is 5.76 Å². The summed E-state index contributed by atoms with van der Waals surface area (Å²) in [5, 5.41) is 4.09. The van der Waals surface area contributed by atoms with Crippen molar-refractivity contribution in [2.75, 3.05) is 6.54 Å². The predicted octanol–water partition coefficient (Wildman–Crippen LogP) is 2.94. The topological polar surface area (TPSA) is 86.4 Å². The third-order valence-corrected chi connectivity index (χ3v) is 4.99. The second kappa shape index (κ2) is 7.45. The molecule has 0 saturated heterocycles. The smallest absolute Gasteiger partial charge is 0.467 e. The summed E-state index contributed by atoms with van der Waals surface area (Å²) in [5.74, 6) is -0.0122. The maximum atomic E-state index is 12.4. The normalized spacial score (nSPS) is 13.4. The van der Waals surface area contributed by atoms with Gasteiger partial charge in [0.1, 0.15) is 17.6 Å². The number of hydrogen-bond acceptors (Lipinski definition) is 5. The van der Waals surface area contributed by atoms with Gasteiger partial charge in [-0.1, -0.05) is 0 Å². The van der Waals surface area contributed by atoms with E-state index in [4.69, 9.17) is 4.42 Å². The van der Waals surface area contributed by atoms with Crippen LogP contribution in [0.25, 0.3) is 0 Å². The lowest BCUT2D eigenvalue weighted by atomic mass is 10.2. The molecule has 2 aromatic heterocycles. The van der Waals surface area contributed by atoms with Crippen LogP contribution in [0.3, 0.4) is 0 Å². The number of nitrogens with one attached hydrogen (secondary N) is 1. The first-order valence-electron chi connectivity index (χ1n) is 7.63. The number of halogens is 3. The number of alkyl halides is 3. The Kier molecular flexibility index (Phi) is 5.24. The molecule has 0 fully saturated rings. The maximum Gasteiger partial charge on any atom is 0.573 e. The number of benzene rings is 1. The van der Waals surface area contributed by atoms with Crippen molar-refractivity contribution in [1.82, 2.24) is 14.5 Å². The van der Waals surface area contributed by atoms with Crippen molar-refractivity contribution in [3.8, 4) is 5.75 Å². The largest absolute Gasteiger partial charge is 0.573 e. The first kappa shape index (κ1) is 19.0. The van der Waals surface area contributed by atoms with Crippen LogP contribution < -0.4 is 9.46 Å². The number of aromatic nitrogens is 2. The SMILES string of the molecule is O=S(=O)(NCC(c1ccco1)n1cccn1)c1ccc(OC(F)(F)F)cc1. The van der Waals surface area contributed by atoms with E-state index >= 15 is 0 Å². The van der Waals surface area contributed by atoms with Crippen molar-refractivity contribution in [3.05, 3.63) is 66.9 Å². The molecule has 0 bridgehead atoms. The molecule has 27 heavy (non-hydrogen) atoms. The van der Waals surface area contributed by atoms with E-state index in [2.05, 4.69) is 14.6 Å². The lowest BCUT2D eigenvalue weighted by molar-refractivity contribution is -0.274. The Morgan fingerprint density at radius 3 is 2.48 bits per heavy atom. The molecule has 0 radical (unpaired) electrons. The highest BCUT2D eigenvalue weighted by molar-refractivity contribution is 7.89. The molecule has 1 aromatic carbocycles. The van der Waals surface area contributed by atoms with Crippen molar-refractivity contribution >= 4 is 10.0 Å². The summed E-state index contributed by atoms with van der Waals surface area (Å²) in [7, 11) is -3.97. The van der Waals surface area contributed by atoms with E-state index in [-0.39, 0.29) is 11.4 Å². The molecule has 0 amide bonds. The van der Waals surface area contributed by atoms with Crippen LogP contribution in [0.2, 0.25) is 0 Å². The molecule has 144 valence electrons. The van der Waals surface area contributed by atoms with Gasteiger partial charge in [0.2, 0.25) is 10.0 Å². The quantitative estimate of drug-likeness (QED) is 0.658. The Labute approximate surface area is 152 Å². The summed E-state index contributed by atoms with van der Waals surface area (Å²) in [6.45, 7) is -0.0711. The number of furan rings is 1. The van der Waals surface area contributed by atoms with Gasteiger partial charge < -0.3 is 9.15 Å². The Balaban J connectivity index is 1.74. The molecule has 0 saturated carbocycles. The van der Waals surface area contributed by atoms with Gasteiger partial charge in [-0.3, -0.25) is 4.68 Å². The first-order chi connectivity index (χ1) is 12.7. The van der Waals surface area contributed by atoms with Gasteiger partial charge in [0.05, 0.1) is 11.2 Å². The Hall–Kier alpha value is -2.79. The fraction of sp³-hybridized carbons (Fsp3) is 0.188. The van der Waals surface area contributed by atoms with Crippen LogP contribution in [-0.2, 0) is 10.0 Å². The highest BCUT2D eigenvalue weighted by Gasteiger charge is 2.31. The van der Waals surface area contributed by atoms with Crippen LogP contribution >= 0.6 is 0 Å². The number of hydrogen-bond donors (Lipinski definition) is 1. The van der Waals surface area contributed by atoms with Crippen LogP contribution in [0.1, 0.15) is 11.8 Å². The maximum absolute atomic E-state index is 12.4. The second-order valence-corrected chi connectivity index (χ2v) is 7.16.